The van der Waals surface area contributed by atoms with Gasteiger partial charge in [0.15, 0.2) is 0 Å². The molecule has 0 radical (unpaired) electrons. The van der Waals surface area contributed by atoms with Gasteiger partial charge in [-0.15, -0.1) is 0 Å². The average molecular weight is 411 g/mol. The molecule has 114 valence electrons. The average Bonchev–Trinajstić information content (AvgIpc) is 3.33. The van der Waals surface area contributed by atoms with E-state index in [9.17, 15) is 9.18 Å². The van der Waals surface area contributed by atoms with Gasteiger partial charge in [-0.3, -0.25) is 4.90 Å². The molecule has 1 aliphatic rings. The van der Waals surface area contributed by atoms with Crippen LogP contribution in [0.15, 0.2) is 48.5 Å². The molecular weight excluding hydrogens is 396 g/mol. The highest BCUT2D eigenvalue weighted by Gasteiger charge is 2.35. The molecule has 0 unspecified atom stereocenters. The summed E-state index contributed by atoms with van der Waals surface area (Å²) in [6.07, 6.45) is 1.53. The number of rotatable bonds is 4. The van der Waals surface area contributed by atoms with Crippen LogP contribution in [0, 0.1) is 9.39 Å². The highest BCUT2D eigenvalue weighted by atomic mass is 127. The molecule has 0 heterocycles. The topological polar surface area (TPSA) is 29.5 Å². The van der Waals surface area contributed by atoms with Crippen molar-refractivity contribution < 1.29 is 13.9 Å². The smallest absolute Gasteiger partial charge is 0.414 e. The Bertz CT molecular complexity index is 674. The third-order valence-electron chi connectivity index (χ3n) is 3.48. The van der Waals surface area contributed by atoms with Gasteiger partial charge in [0.1, 0.15) is 12.4 Å². The number of nitrogens with zero attached hydrogens (tertiary/aromatic N) is 1. The molecule has 0 saturated heterocycles. The van der Waals surface area contributed by atoms with Crippen molar-refractivity contribution in [3.8, 4) is 0 Å². The molecule has 0 N–H and O–H groups in total. The molecule has 5 heteroatoms. The fraction of sp³-hybridized carbons (Fsp3) is 0.235. The number of benzene rings is 2. The fourth-order valence-corrected chi connectivity index (χ4v) is 2.98. The summed E-state index contributed by atoms with van der Waals surface area (Å²) in [6.45, 7) is 0.237. The van der Waals surface area contributed by atoms with Gasteiger partial charge < -0.3 is 4.74 Å². The van der Waals surface area contributed by atoms with Gasteiger partial charge in [-0.2, -0.15) is 0 Å². The Kier molecular flexibility index (Phi) is 4.61. The lowest BCUT2D eigenvalue weighted by Crippen LogP contribution is -2.34. The van der Waals surface area contributed by atoms with E-state index in [0.717, 1.165) is 18.4 Å². The number of ether oxygens (including phenoxy) is 1. The molecule has 0 bridgehead atoms. The third kappa shape index (κ3) is 3.58. The first-order valence-electron chi connectivity index (χ1n) is 7.10. The van der Waals surface area contributed by atoms with E-state index >= 15 is 0 Å². The van der Waals surface area contributed by atoms with Crippen LogP contribution in [0.4, 0.5) is 14.9 Å². The number of hydrogen-bond donors (Lipinski definition) is 0. The Morgan fingerprint density at radius 1 is 1.23 bits per heavy atom. The Morgan fingerprint density at radius 3 is 2.59 bits per heavy atom. The summed E-state index contributed by atoms with van der Waals surface area (Å²) in [7, 11) is 0. The van der Waals surface area contributed by atoms with Gasteiger partial charge in [-0.1, -0.05) is 30.3 Å². The molecule has 2 aromatic carbocycles. The second kappa shape index (κ2) is 6.64. The van der Waals surface area contributed by atoms with Crippen LogP contribution in [0.25, 0.3) is 0 Å². The highest BCUT2D eigenvalue weighted by Crippen LogP contribution is 2.35. The van der Waals surface area contributed by atoms with Gasteiger partial charge in [0.25, 0.3) is 0 Å². The van der Waals surface area contributed by atoms with E-state index in [1.807, 2.05) is 52.9 Å². The van der Waals surface area contributed by atoms with Crippen LogP contribution in [0.5, 0.6) is 0 Å². The van der Waals surface area contributed by atoms with E-state index in [1.54, 1.807) is 11.0 Å². The van der Waals surface area contributed by atoms with Gasteiger partial charge in [0, 0.05) is 9.61 Å². The van der Waals surface area contributed by atoms with Gasteiger partial charge in [-0.25, -0.2) is 9.18 Å². The van der Waals surface area contributed by atoms with E-state index in [2.05, 4.69) is 0 Å². The van der Waals surface area contributed by atoms with E-state index in [1.165, 1.54) is 12.1 Å². The molecule has 1 amide bonds. The molecule has 1 fully saturated rings. The zero-order valence-electron chi connectivity index (χ0n) is 11.8. The lowest BCUT2D eigenvalue weighted by molar-refractivity contribution is 0.146. The maximum absolute atomic E-state index is 13.3. The molecule has 1 saturated carbocycles. The van der Waals surface area contributed by atoms with Crippen molar-refractivity contribution in [1.82, 2.24) is 0 Å². The highest BCUT2D eigenvalue weighted by molar-refractivity contribution is 14.1. The quantitative estimate of drug-likeness (QED) is 0.681. The minimum atomic E-state index is -0.379. The number of carbonyl (C=O) groups is 1. The summed E-state index contributed by atoms with van der Waals surface area (Å²) in [5.41, 5.74) is 1.66. The molecule has 0 spiro atoms. The molecule has 0 aromatic heterocycles. The van der Waals surface area contributed by atoms with Crippen LogP contribution in [0.3, 0.4) is 0 Å². The Labute approximate surface area is 142 Å². The van der Waals surface area contributed by atoms with Gasteiger partial charge in [0.05, 0.1) is 5.69 Å². The van der Waals surface area contributed by atoms with Crippen molar-refractivity contribution in [2.75, 3.05) is 4.90 Å². The second-order valence-corrected chi connectivity index (χ2v) is 6.40. The van der Waals surface area contributed by atoms with Crippen molar-refractivity contribution in [2.45, 2.75) is 25.5 Å². The predicted molar refractivity (Wildman–Crippen MR) is 91.2 cm³/mol. The fourth-order valence-electron chi connectivity index (χ4n) is 2.24. The summed E-state index contributed by atoms with van der Waals surface area (Å²) in [4.78, 5) is 14.1. The summed E-state index contributed by atoms with van der Waals surface area (Å²) >= 11 is 2.05. The molecule has 22 heavy (non-hydrogen) atoms. The maximum atomic E-state index is 13.3. The number of halogens is 2. The third-order valence-corrected chi connectivity index (χ3v) is 4.35. The molecule has 1 aliphatic carbocycles. The Hall–Kier alpha value is -1.63. The lowest BCUT2D eigenvalue weighted by atomic mass is 10.2. The van der Waals surface area contributed by atoms with E-state index in [4.69, 9.17) is 4.74 Å². The first-order valence-corrected chi connectivity index (χ1v) is 8.18. The van der Waals surface area contributed by atoms with Crippen LogP contribution in [-0.2, 0) is 11.3 Å². The summed E-state index contributed by atoms with van der Waals surface area (Å²) in [5, 5.41) is 0. The summed E-state index contributed by atoms with van der Waals surface area (Å²) in [6, 6.07) is 14.2. The van der Waals surface area contributed by atoms with Crippen LogP contribution in [0.2, 0.25) is 0 Å². The van der Waals surface area contributed by atoms with Crippen LogP contribution in [-0.4, -0.2) is 12.1 Å². The minimum absolute atomic E-state index is 0.155. The largest absolute Gasteiger partial charge is 0.444 e. The van der Waals surface area contributed by atoms with Crippen molar-refractivity contribution in [3.05, 3.63) is 63.5 Å². The number of amides is 1. The summed E-state index contributed by atoms with van der Waals surface area (Å²) in [5.74, 6) is -0.304. The van der Waals surface area contributed by atoms with Crippen LogP contribution < -0.4 is 4.90 Å². The van der Waals surface area contributed by atoms with Crippen molar-refractivity contribution in [2.24, 2.45) is 0 Å². The number of anilines is 1. The molecule has 0 aliphatic heterocycles. The lowest BCUT2D eigenvalue weighted by Gasteiger charge is -2.23. The molecule has 2 aromatic rings. The number of hydrogen-bond acceptors (Lipinski definition) is 2. The molecule has 0 atom stereocenters. The zero-order valence-corrected chi connectivity index (χ0v) is 14.0. The van der Waals surface area contributed by atoms with E-state index < -0.39 is 0 Å². The predicted octanol–water partition coefficient (Wildman–Crippen LogP) is 4.74. The second-order valence-electron chi connectivity index (χ2n) is 5.24. The van der Waals surface area contributed by atoms with Crippen molar-refractivity contribution in [1.29, 1.82) is 0 Å². The van der Waals surface area contributed by atoms with Crippen molar-refractivity contribution >= 4 is 34.4 Å². The SMILES string of the molecule is O=C(OCc1ccccc1)N(c1ccc(F)cc1I)C1CC1. The molecular formula is C17H15FINO2. The van der Waals surface area contributed by atoms with Gasteiger partial charge in [0.2, 0.25) is 0 Å². The van der Waals surface area contributed by atoms with Gasteiger partial charge in [-0.05, 0) is 59.2 Å². The molecule has 3 nitrogen and oxygen atoms in total. The number of carbonyl (C=O) groups excluding carboxylic acids is 1. The monoisotopic (exact) mass is 411 g/mol. The minimum Gasteiger partial charge on any atom is -0.444 e. The Morgan fingerprint density at radius 2 is 1.95 bits per heavy atom. The normalized spacial score (nSPS) is 13.7. The van der Waals surface area contributed by atoms with Crippen LogP contribution >= 0.6 is 22.6 Å². The molecule has 3 rings (SSSR count). The first-order chi connectivity index (χ1) is 10.6. The summed E-state index contributed by atoms with van der Waals surface area (Å²) < 4.78 is 19.4. The van der Waals surface area contributed by atoms with Crippen LogP contribution in [0.1, 0.15) is 18.4 Å². The standard InChI is InChI=1S/C17H15FINO2/c18-13-6-9-16(15(19)10-13)20(14-7-8-14)17(21)22-11-12-4-2-1-3-5-12/h1-6,9-10,14H,7-8,11H2. The van der Waals surface area contributed by atoms with E-state index in [0.29, 0.717) is 9.26 Å². The zero-order chi connectivity index (χ0) is 15.5. The van der Waals surface area contributed by atoms with Gasteiger partial charge >= 0.3 is 6.09 Å². The van der Waals surface area contributed by atoms with E-state index in [-0.39, 0.29) is 24.6 Å². The maximum Gasteiger partial charge on any atom is 0.414 e. The Balaban J connectivity index is 1.75. The first kappa shape index (κ1) is 15.3. The van der Waals surface area contributed by atoms with Crippen molar-refractivity contribution in [3.63, 3.8) is 0 Å².